The predicted molar refractivity (Wildman–Crippen MR) is 70.9 cm³/mol. The summed E-state index contributed by atoms with van der Waals surface area (Å²) in [7, 11) is 4.20. The van der Waals surface area contributed by atoms with Gasteiger partial charge in [-0.2, -0.15) is 0 Å². The molecule has 0 amide bonds. The van der Waals surface area contributed by atoms with Crippen molar-refractivity contribution in [2.45, 2.75) is 26.4 Å². The maximum absolute atomic E-state index is 5.96. The van der Waals surface area contributed by atoms with Crippen molar-refractivity contribution in [1.29, 1.82) is 0 Å². The van der Waals surface area contributed by atoms with Gasteiger partial charge in [-0.1, -0.05) is 32.0 Å². The molecule has 2 rings (SSSR count). The third-order valence-corrected chi connectivity index (χ3v) is 3.05. The van der Waals surface area contributed by atoms with Crippen LogP contribution in [0.15, 0.2) is 24.3 Å². The molecule has 17 heavy (non-hydrogen) atoms. The maximum Gasteiger partial charge on any atom is 0.112 e. The second-order valence-corrected chi connectivity index (χ2v) is 5.29. The number of anilines is 1. The minimum Gasteiger partial charge on any atom is -0.287 e. The van der Waals surface area contributed by atoms with E-state index in [1.165, 1.54) is 11.3 Å². The van der Waals surface area contributed by atoms with Crippen LogP contribution in [0.4, 0.5) is 5.69 Å². The van der Waals surface area contributed by atoms with E-state index in [2.05, 4.69) is 62.2 Å². The first kappa shape index (κ1) is 12.4. The lowest BCUT2D eigenvalue weighted by molar-refractivity contribution is 0.0402. The van der Waals surface area contributed by atoms with Gasteiger partial charge >= 0.3 is 0 Å². The third kappa shape index (κ3) is 2.61. The Morgan fingerprint density at radius 1 is 1.35 bits per heavy atom. The van der Waals surface area contributed by atoms with Crippen molar-refractivity contribution < 1.29 is 4.84 Å². The van der Waals surface area contributed by atoms with Crippen molar-refractivity contribution in [1.82, 2.24) is 4.90 Å². The second kappa shape index (κ2) is 5.07. The zero-order valence-corrected chi connectivity index (χ0v) is 11.2. The van der Waals surface area contributed by atoms with Gasteiger partial charge in [0.05, 0.1) is 12.3 Å². The van der Waals surface area contributed by atoms with E-state index < -0.39 is 0 Å². The fourth-order valence-electron chi connectivity index (χ4n) is 2.12. The summed E-state index contributed by atoms with van der Waals surface area (Å²) in [6.07, 6.45) is 1.34. The Bertz CT molecular complexity index is 376. The minimum absolute atomic E-state index is 0.311. The van der Waals surface area contributed by atoms with E-state index in [1.54, 1.807) is 0 Å². The summed E-state index contributed by atoms with van der Waals surface area (Å²) in [5.41, 5.74) is 2.59. The van der Waals surface area contributed by atoms with Crippen molar-refractivity contribution in [3.63, 3.8) is 0 Å². The van der Waals surface area contributed by atoms with Crippen LogP contribution >= 0.6 is 0 Å². The summed E-state index contributed by atoms with van der Waals surface area (Å²) in [6.45, 7) is 5.11. The Balaban J connectivity index is 2.18. The van der Waals surface area contributed by atoms with Gasteiger partial charge in [-0.15, -0.1) is 0 Å². The predicted octanol–water partition coefficient (Wildman–Crippen LogP) is 2.52. The highest BCUT2D eigenvalue weighted by Gasteiger charge is 2.31. The van der Waals surface area contributed by atoms with E-state index in [0.717, 1.165) is 13.0 Å². The number of fused-ring (bicyclic) bond motifs is 1. The molecule has 94 valence electrons. The molecule has 1 heterocycles. The number of benzene rings is 1. The third-order valence-electron chi connectivity index (χ3n) is 3.05. The van der Waals surface area contributed by atoms with E-state index in [1.807, 2.05) is 0 Å². The number of rotatable bonds is 4. The summed E-state index contributed by atoms with van der Waals surface area (Å²) in [4.78, 5) is 8.17. The topological polar surface area (TPSA) is 15.7 Å². The lowest BCUT2D eigenvalue weighted by Crippen LogP contribution is -2.43. The number of nitrogens with zero attached hydrogens (tertiary/aromatic N) is 2. The lowest BCUT2D eigenvalue weighted by Gasteiger charge is -2.31. The smallest absolute Gasteiger partial charge is 0.112 e. The van der Waals surface area contributed by atoms with Crippen molar-refractivity contribution in [3.8, 4) is 0 Å². The highest BCUT2D eigenvalue weighted by atomic mass is 16.7. The molecule has 1 aromatic rings. The lowest BCUT2D eigenvalue weighted by atomic mass is 10.1. The second-order valence-electron chi connectivity index (χ2n) is 5.29. The van der Waals surface area contributed by atoms with Gasteiger partial charge in [-0.25, -0.2) is 5.06 Å². The molecule has 0 aromatic heterocycles. The molecule has 0 radical (unpaired) electrons. The van der Waals surface area contributed by atoms with Gasteiger partial charge in [0.2, 0.25) is 0 Å². The van der Waals surface area contributed by atoms with Crippen molar-refractivity contribution >= 4 is 5.69 Å². The summed E-state index contributed by atoms with van der Waals surface area (Å²) in [5.74, 6) is 0.547. The fourth-order valence-corrected chi connectivity index (χ4v) is 2.12. The molecule has 0 aliphatic carbocycles. The van der Waals surface area contributed by atoms with Gasteiger partial charge in [0.25, 0.3) is 0 Å². The van der Waals surface area contributed by atoms with Crippen LogP contribution in [0.3, 0.4) is 0 Å². The van der Waals surface area contributed by atoms with E-state index in [0.29, 0.717) is 12.1 Å². The molecule has 0 spiro atoms. The quantitative estimate of drug-likeness (QED) is 0.796. The summed E-state index contributed by atoms with van der Waals surface area (Å²) >= 11 is 0. The van der Waals surface area contributed by atoms with E-state index >= 15 is 0 Å². The molecule has 1 atom stereocenters. The van der Waals surface area contributed by atoms with E-state index in [-0.39, 0.29) is 0 Å². The minimum atomic E-state index is 0.311. The van der Waals surface area contributed by atoms with Crippen LogP contribution in [-0.2, 0) is 11.3 Å². The average molecular weight is 234 g/mol. The van der Waals surface area contributed by atoms with E-state index in [4.69, 9.17) is 4.84 Å². The van der Waals surface area contributed by atoms with Crippen LogP contribution in [-0.4, -0.2) is 31.8 Å². The number of likely N-dealkylation sites (N-methyl/N-ethyl adjacent to an activating group) is 1. The number of para-hydroxylation sites is 1. The fraction of sp³-hybridized carbons (Fsp3) is 0.571. The van der Waals surface area contributed by atoms with Crippen LogP contribution in [0.25, 0.3) is 0 Å². The van der Waals surface area contributed by atoms with Crippen LogP contribution in [0, 0.1) is 5.92 Å². The van der Waals surface area contributed by atoms with Crippen molar-refractivity contribution in [3.05, 3.63) is 29.8 Å². The molecule has 0 saturated heterocycles. The monoisotopic (exact) mass is 234 g/mol. The Hall–Kier alpha value is -1.06. The average Bonchev–Trinajstić information content (AvgIpc) is 2.65. The molecule has 0 fully saturated rings. The van der Waals surface area contributed by atoms with Crippen LogP contribution in [0.2, 0.25) is 0 Å². The summed E-state index contributed by atoms with van der Waals surface area (Å²) in [6, 6.07) is 8.49. The summed E-state index contributed by atoms with van der Waals surface area (Å²) < 4.78 is 0. The molecule has 0 N–H and O–H groups in total. The molecule has 1 unspecified atom stereocenters. The van der Waals surface area contributed by atoms with Gasteiger partial charge < -0.3 is 0 Å². The molecular weight excluding hydrogens is 212 g/mol. The van der Waals surface area contributed by atoms with Crippen molar-refractivity contribution in [2.24, 2.45) is 5.92 Å². The molecule has 1 aliphatic heterocycles. The first-order chi connectivity index (χ1) is 8.09. The molecule has 1 aromatic carbocycles. The Labute approximate surface area is 104 Å². The molecular formula is C14H22N2O. The van der Waals surface area contributed by atoms with Crippen LogP contribution in [0.5, 0.6) is 0 Å². The van der Waals surface area contributed by atoms with Crippen LogP contribution < -0.4 is 5.06 Å². The molecule has 3 heteroatoms. The van der Waals surface area contributed by atoms with Gasteiger partial charge in [0.15, 0.2) is 0 Å². The first-order valence-electron chi connectivity index (χ1n) is 6.26. The zero-order chi connectivity index (χ0) is 12.4. The summed E-state index contributed by atoms with van der Waals surface area (Å²) in [5, 5.41) is 2.06. The van der Waals surface area contributed by atoms with Gasteiger partial charge in [-0.05, 0) is 31.6 Å². The largest absolute Gasteiger partial charge is 0.287 e. The number of hydrogen-bond acceptors (Lipinski definition) is 3. The van der Waals surface area contributed by atoms with Gasteiger partial charge in [0.1, 0.15) is 6.17 Å². The number of hydrogen-bond donors (Lipinski definition) is 0. The normalized spacial score (nSPS) is 19.2. The highest BCUT2D eigenvalue weighted by molar-refractivity contribution is 5.57. The SMILES string of the molecule is CC(C)CON1c2ccccc2CC1N(C)C. The Morgan fingerprint density at radius 3 is 2.71 bits per heavy atom. The standard InChI is InChI=1S/C14H22N2O/c1-11(2)10-17-16-13-8-6-5-7-12(13)9-14(16)15(3)4/h5-8,11,14H,9-10H2,1-4H3. The Kier molecular flexibility index (Phi) is 3.69. The van der Waals surface area contributed by atoms with Gasteiger partial charge in [0, 0.05) is 6.42 Å². The molecule has 1 aliphatic rings. The molecule has 0 saturated carbocycles. The zero-order valence-electron chi connectivity index (χ0n) is 11.2. The van der Waals surface area contributed by atoms with Crippen molar-refractivity contribution in [2.75, 3.05) is 25.8 Å². The number of hydroxylamine groups is 1. The highest BCUT2D eigenvalue weighted by Crippen LogP contribution is 2.32. The maximum atomic E-state index is 5.96. The van der Waals surface area contributed by atoms with Crippen LogP contribution in [0.1, 0.15) is 19.4 Å². The Morgan fingerprint density at radius 2 is 2.06 bits per heavy atom. The van der Waals surface area contributed by atoms with Gasteiger partial charge in [-0.3, -0.25) is 9.74 Å². The molecule has 3 nitrogen and oxygen atoms in total. The molecule has 0 bridgehead atoms. The first-order valence-corrected chi connectivity index (χ1v) is 6.26. The van der Waals surface area contributed by atoms with E-state index in [9.17, 15) is 0 Å².